The molecule has 2 heterocycles. The SMILES string of the molecule is CC[C@H](F)CN(C)C1=Nc2c(N)ncnc2CC1. The number of aryl methyl sites for hydroxylation is 1. The third-order valence-electron chi connectivity index (χ3n) is 3.11. The summed E-state index contributed by atoms with van der Waals surface area (Å²) < 4.78 is 13.4. The van der Waals surface area contributed by atoms with Gasteiger partial charge in [0.1, 0.15) is 24.0 Å². The second-order valence-electron chi connectivity index (χ2n) is 4.47. The molecule has 0 aliphatic carbocycles. The molecule has 0 aromatic carbocycles. The van der Waals surface area contributed by atoms with E-state index in [4.69, 9.17) is 5.73 Å². The fraction of sp³-hybridized carbons (Fsp3) is 0.583. The van der Waals surface area contributed by atoms with E-state index in [0.29, 0.717) is 24.5 Å². The molecule has 1 aromatic rings. The van der Waals surface area contributed by atoms with Crippen molar-refractivity contribution in [3.63, 3.8) is 0 Å². The van der Waals surface area contributed by atoms with Gasteiger partial charge in [-0.25, -0.2) is 19.4 Å². The van der Waals surface area contributed by atoms with Crippen molar-refractivity contribution in [2.24, 2.45) is 4.99 Å². The Labute approximate surface area is 106 Å². The zero-order chi connectivity index (χ0) is 13.1. The van der Waals surface area contributed by atoms with Crippen LogP contribution in [0, 0.1) is 0 Å². The van der Waals surface area contributed by atoms with E-state index in [1.54, 1.807) is 0 Å². The predicted molar refractivity (Wildman–Crippen MR) is 69.7 cm³/mol. The number of nitrogens with zero attached hydrogens (tertiary/aromatic N) is 4. The van der Waals surface area contributed by atoms with Crippen molar-refractivity contribution in [2.75, 3.05) is 19.3 Å². The first-order valence-corrected chi connectivity index (χ1v) is 6.14. The minimum Gasteiger partial charge on any atom is -0.382 e. The average molecular weight is 251 g/mol. The number of aromatic nitrogens is 2. The van der Waals surface area contributed by atoms with Gasteiger partial charge in [0.05, 0.1) is 5.69 Å². The van der Waals surface area contributed by atoms with Gasteiger partial charge in [-0.1, -0.05) is 6.92 Å². The van der Waals surface area contributed by atoms with Crippen LogP contribution in [0.2, 0.25) is 0 Å². The van der Waals surface area contributed by atoms with Crippen molar-refractivity contribution < 1.29 is 4.39 Å². The maximum absolute atomic E-state index is 13.4. The number of amidine groups is 1. The molecule has 1 aliphatic heterocycles. The lowest BCUT2D eigenvalue weighted by Gasteiger charge is -2.25. The van der Waals surface area contributed by atoms with E-state index in [0.717, 1.165) is 24.4 Å². The van der Waals surface area contributed by atoms with Gasteiger partial charge >= 0.3 is 0 Å². The molecule has 1 atom stereocenters. The Morgan fingerprint density at radius 3 is 2.94 bits per heavy atom. The number of aliphatic imine (C=N–C) groups is 1. The number of halogens is 1. The summed E-state index contributed by atoms with van der Waals surface area (Å²) in [5.41, 5.74) is 7.28. The Morgan fingerprint density at radius 2 is 2.22 bits per heavy atom. The van der Waals surface area contributed by atoms with Crippen LogP contribution < -0.4 is 5.73 Å². The van der Waals surface area contributed by atoms with Gasteiger partial charge in [0, 0.05) is 20.0 Å². The summed E-state index contributed by atoms with van der Waals surface area (Å²) in [5, 5.41) is 0. The third-order valence-corrected chi connectivity index (χ3v) is 3.11. The van der Waals surface area contributed by atoms with Crippen LogP contribution in [0.1, 0.15) is 25.5 Å². The Kier molecular flexibility index (Phi) is 3.74. The third kappa shape index (κ3) is 2.57. The fourth-order valence-electron chi connectivity index (χ4n) is 1.96. The molecule has 1 aromatic heterocycles. The zero-order valence-corrected chi connectivity index (χ0v) is 10.7. The number of hydrogen-bond acceptors (Lipinski definition) is 5. The van der Waals surface area contributed by atoms with E-state index in [9.17, 15) is 4.39 Å². The number of anilines is 1. The van der Waals surface area contributed by atoms with E-state index in [1.807, 2.05) is 18.9 Å². The van der Waals surface area contributed by atoms with Crippen molar-refractivity contribution in [2.45, 2.75) is 32.4 Å². The lowest BCUT2D eigenvalue weighted by atomic mass is 10.1. The molecule has 0 saturated carbocycles. The van der Waals surface area contributed by atoms with Gasteiger partial charge in [-0.15, -0.1) is 0 Å². The molecular formula is C12H18FN5. The molecule has 0 saturated heterocycles. The molecule has 0 amide bonds. The van der Waals surface area contributed by atoms with Crippen molar-refractivity contribution in [3.05, 3.63) is 12.0 Å². The van der Waals surface area contributed by atoms with Crippen LogP contribution in [-0.2, 0) is 6.42 Å². The van der Waals surface area contributed by atoms with Crippen LogP contribution in [0.4, 0.5) is 15.9 Å². The topological polar surface area (TPSA) is 67.4 Å². The van der Waals surface area contributed by atoms with E-state index in [1.165, 1.54) is 6.33 Å². The van der Waals surface area contributed by atoms with Gasteiger partial charge in [0.25, 0.3) is 0 Å². The molecule has 0 spiro atoms. The highest BCUT2D eigenvalue weighted by atomic mass is 19.1. The minimum absolute atomic E-state index is 0.359. The van der Waals surface area contributed by atoms with Crippen LogP contribution in [0.25, 0.3) is 0 Å². The molecule has 0 unspecified atom stereocenters. The second-order valence-corrected chi connectivity index (χ2v) is 4.47. The molecule has 98 valence electrons. The minimum atomic E-state index is -0.830. The Hall–Kier alpha value is -1.72. The Bertz CT molecular complexity index is 460. The number of rotatable bonds is 3. The van der Waals surface area contributed by atoms with E-state index in [-0.39, 0.29) is 0 Å². The van der Waals surface area contributed by atoms with E-state index >= 15 is 0 Å². The molecule has 0 radical (unpaired) electrons. The van der Waals surface area contributed by atoms with Crippen molar-refractivity contribution in [1.82, 2.24) is 14.9 Å². The maximum atomic E-state index is 13.4. The van der Waals surface area contributed by atoms with Crippen LogP contribution in [0.5, 0.6) is 0 Å². The number of nitrogen functional groups attached to an aromatic ring is 1. The number of alkyl halides is 1. The summed E-state index contributed by atoms with van der Waals surface area (Å²) in [6.07, 6.45) is 2.67. The monoisotopic (exact) mass is 251 g/mol. The summed E-state index contributed by atoms with van der Waals surface area (Å²) in [5.74, 6) is 1.23. The van der Waals surface area contributed by atoms with Gasteiger partial charge in [-0.05, 0) is 12.8 Å². The van der Waals surface area contributed by atoms with Crippen LogP contribution in [0.3, 0.4) is 0 Å². The first-order valence-electron chi connectivity index (χ1n) is 6.14. The van der Waals surface area contributed by atoms with Crippen molar-refractivity contribution in [1.29, 1.82) is 0 Å². The van der Waals surface area contributed by atoms with Crippen LogP contribution >= 0.6 is 0 Å². The number of fused-ring (bicyclic) bond motifs is 1. The lowest BCUT2D eigenvalue weighted by molar-refractivity contribution is 0.267. The van der Waals surface area contributed by atoms with Crippen LogP contribution in [0.15, 0.2) is 11.3 Å². The fourth-order valence-corrected chi connectivity index (χ4v) is 1.96. The number of nitrogens with two attached hydrogens (primary N) is 1. The molecule has 5 nitrogen and oxygen atoms in total. The standard InChI is InChI=1S/C12H18FN5/c1-3-8(13)6-18(2)10-5-4-9-11(17-10)12(14)16-7-15-9/h7-8H,3-6H2,1-2H3,(H2,14,15,16)/t8-/m0/s1. The normalized spacial score (nSPS) is 15.8. The summed E-state index contributed by atoms with van der Waals surface area (Å²) >= 11 is 0. The van der Waals surface area contributed by atoms with Crippen molar-refractivity contribution >= 4 is 17.3 Å². The summed E-state index contributed by atoms with van der Waals surface area (Å²) in [6.45, 7) is 2.20. The highest BCUT2D eigenvalue weighted by Crippen LogP contribution is 2.28. The van der Waals surface area contributed by atoms with Gasteiger partial charge in [0.15, 0.2) is 5.82 Å². The van der Waals surface area contributed by atoms with Gasteiger partial charge in [0.2, 0.25) is 0 Å². The Balaban J connectivity index is 2.19. The number of hydrogen-bond donors (Lipinski definition) is 1. The predicted octanol–water partition coefficient (Wildman–Crippen LogP) is 1.71. The molecule has 2 N–H and O–H groups in total. The average Bonchev–Trinajstić information content (AvgIpc) is 2.38. The Morgan fingerprint density at radius 1 is 1.44 bits per heavy atom. The summed E-state index contributed by atoms with van der Waals surface area (Å²) in [7, 11) is 1.85. The van der Waals surface area contributed by atoms with E-state index < -0.39 is 6.17 Å². The molecule has 2 rings (SSSR count). The first-order chi connectivity index (χ1) is 8.61. The summed E-state index contributed by atoms with van der Waals surface area (Å²) in [4.78, 5) is 14.4. The van der Waals surface area contributed by atoms with Crippen molar-refractivity contribution in [3.8, 4) is 0 Å². The molecular weight excluding hydrogens is 233 g/mol. The largest absolute Gasteiger partial charge is 0.382 e. The van der Waals surface area contributed by atoms with E-state index in [2.05, 4.69) is 15.0 Å². The van der Waals surface area contributed by atoms with Gasteiger partial charge in [-0.3, -0.25) is 0 Å². The van der Waals surface area contributed by atoms with Gasteiger partial charge < -0.3 is 10.6 Å². The quantitative estimate of drug-likeness (QED) is 0.888. The molecule has 18 heavy (non-hydrogen) atoms. The highest BCUT2D eigenvalue weighted by molar-refractivity contribution is 5.88. The molecule has 0 bridgehead atoms. The lowest BCUT2D eigenvalue weighted by Crippen LogP contribution is -2.33. The molecule has 6 heteroatoms. The highest BCUT2D eigenvalue weighted by Gasteiger charge is 2.19. The van der Waals surface area contributed by atoms with Crippen LogP contribution in [-0.4, -0.2) is 40.5 Å². The maximum Gasteiger partial charge on any atom is 0.153 e. The zero-order valence-electron chi connectivity index (χ0n) is 10.7. The smallest absolute Gasteiger partial charge is 0.153 e. The first kappa shape index (κ1) is 12.7. The molecule has 1 aliphatic rings. The molecule has 0 fully saturated rings. The summed E-state index contributed by atoms with van der Waals surface area (Å²) in [6, 6.07) is 0. The second kappa shape index (κ2) is 5.29. The van der Waals surface area contributed by atoms with Gasteiger partial charge in [-0.2, -0.15) is 0 Å².